The van der Waals surface area contributed by atoms with Gasteiger partial charge in [0.15, 0.2) is 11.3 Å². The number of carbonyl (C=O) groups is 1. The highest BCUT2D eigenvalue weighted by atomic mass is 19.4. The zero-order valence-corrected chi connectivity index (χ0v) is 35.7. The van der Waals surface area contributed by atoms with Crippen LogP contribution in [0.15, 0.2) is 122 Å². The normalized spacial score (nSPS) is 11.4. The Kier molecular flexibility index (Phi) is 12.8. The third kappa shape index (κ3) is 10.2. The van der Waals surface area contributed by atoms with Crippen molar-refractivity contribution in [2.45, 2.75) is 59.3 Å². The molecule has 0 aliphatic carbocycles. The molecule has 15 nitrogen and oxygen atoms in total. The number of fused-ring (bicyclic) bond motifs is 2. The number of aromatic nitrogens is 8. The van der Waals surface area contributed by atoms with Gasteiger partial charge >= 0.3 is 12.2 Å². The van der Waals surface area contributed by atoms with Crippen molar-refractivity contribution in [1.82, 2.24) is 39.5 Å². The van der Waals surface area contributed by atoms with Gasteiger partial charge in [0, 0.05) is 46.8 Å². The Morgan fingerprint density at radius 2 is 1.22 bits per heavy atom. The molecular formula is C46H47F3N14O. The van der Waals surface area contributed by atoms with Crippen molar-refractivity contribution in [2.75, 3.05) is 32.7 Å². The first-order chi connectivity index (χ1) is 30.5. The zero-order chi connectivity index (χ0) is 45.7. The maximum absolute atomic E-state index is 13.0. The molecule has 4 aromatic heterocycles. The lowest BCUT2D eigenvalue weighted by molar-refractivity contribution is -0.137. The molecular weight excluding hydrogens is 822 g/mol. The standard InChI is InChI=1S/C24H24F3N7.C22H23N7O/c1-14(2)34-23-21(22(28)29-13-30-23)20(33-34)11-16-6-4-8-18(10-16)31-15(3)32-19-9-5-7-17(12-19)24(25,26)27;1-13(2)29-21-18(20(23)24-12-25-21)19(28-29)15-7-9-16(10-8-15)26-22(30)27-17-6-4-5-14(3)11-17/h4-10,12-14,31-32H,3,11H2,1-2H3,(H2,28,29,30);4-13H,1-3H3,(H2,23,24,25)(H2,26,27,30). The smallest absolute Gasteiger partial charge is 0.383 e. The number of urea groups is 1. The largest absolute Gasteiger partial charge is 0.416 e. The molecule has 8 rings (SSSR count). The summed E-state index contributed by atoms with van der Waals surface area (Å²) in [4.78, 5) is 29.2. The van der Waals surface area contributed by atoms with Crippen molar-refractivity contribution in [1.29, 1.82) is 0 Å². The van der Waals surface area contributed by atoms with Crippen molar-refractivity contribution in [3.63, 3.8) is 0 Å². The van der Waals surface area contributed by atoms with Crippen molar-refractivity contribution in [3.8, 4) is 11.3 Å². The van der Waals surface area contributed by atoms with Crippen LogP contribution >= 0.6 is 0 Å². The lowest BCUT2D eigenvalue weighted by Gasteiger charge is -2.14. The van der Waals surface area contributed by atoms with Crippen LogP contribution in [0.4, 0.5) is 52.4 Å². The van der Waals surface area contributed by atoms with E-state index in [1.165, 1.54) is 18.7 Å². The van der Waals surface area contributed by atoms with Crippen LogP contribution in [0.5, 0.6) is 0 Å². The predicted molar refractivity (Wildman–Crippen MR) is 247 cm³/mol. The Hall–Kier alpha value is -8.02. The molecule has 18 heteroatoms. The molecule has 2 amide bonds. The molecule has 0 atom stereocenters. The molecule has 8 N–H and O–H groups in total. The molecule has 0 unspecified atom stereocenters. The number of benzene rings is 4. The van der Waals surface area contributed by atoms with Crippen LogP contribution in [0.3, 0.4) is 0 Å². The van der Waals surface area contributed by atoms with Gasteiger partial charge in [-0.2, -0.15) is 23.4 Å². The quantitative estimate of drug-likeness (QED) is 0.0722. The van der Waals surface area contributed by atoms with Gasteiger partial charge in [0.25, 0.3) is 0 Å². The summed E-state index contributed by atoms with van der Waals surface area (Å²) in [6.07, 6.45) is -1.05. The van der Waals surface area contributed by atoms with Gasteiger partial charge in [-0.15, -0.1) is 0 Å². The molecule has 4 heterocycles. The monoisotopic (exact) mass is 868 g/mol. The fourth-order valence-electron chi connectivity index (χ4n) is 6.94. The number of nitrogens with two attached hydrogens (primary N) is 2. The molecule has 4 aromatic carbocycles. The van der Waals surface area contributed by atoms with Gasteiger partial charge in [-0.25, -0.2) is 34.1 Å². The van der Waals surface area contributed by atoms with E-state index in [4.69, 9.17) is 21.7 Å². The number of halogens is 3. The minimum Gasteiger partial charge on any atom is -0.383 e. The highest BCUT2D eigenvalue weighted by Crippen LogP contribution is 2.33. The van der Waals surface area contributed by atoms with E-state index in [-0.39, 0.29) is 23.8 Å². The second kappa shape index (κ2) is 18.5. The minimum absolute atomic E-state index is 0.101. The van der Waals surface area contributed by atoms with Crippen LogP contribution in [0.25, 0.3) is 33.3 Å². The molecule has 8 aromatic rings. The molecule has 0 aliphatic rings. The van der Waals surface area contributed by atoms with Gasteiger partial charge in [-0.05, 0) is 100 Å². The molecule has 64 heavy (non-hydrogen) atoms. The maximum Gasteiger partial charge on any atom is 0.416 e. The highest BCUT2D eigenvalue weighted by Gasteiger charge is 2.30. The lowest BCUT2D eigenvalue weighted by Crippen LogP contribution is -2.19. The summed E-state index contributed by atoms with van der Waals surface area (Å²) in [7, 11) is 0. The van der Waals surface area contributed by atoms with Gasteiger partial charge < -0.3 is 32.7 Å². The lowest BCUT2D eigenvalue weighted by atomic mass is 10.1. The van der Waals surface area contributed by atoms with Crippen LogP contribution in [-0.4, -0.2) is 45.5 Å². The summed E-state index contributed by atoms with van der Waals surface area (Å²) in [5, 5.41) is 22.5. The summed E-state index contributed by atoms with van der Waals surface area (Å²) in [5.74, 6) is 1.10. The van der Waals surface area contributed by atoms with E-state index in [1.807, 2.05) is 117 Å². The molecule has 0 saturated heterocycles. The Morgan fingerprint density at radius 3 is 1.84 bits per heavy atom. The molecule has 0 radical (unpaired) electrons. The summed E-state index contributed by atoms with van der Waals surface area (Å²) < 4.78 is 42.5. The Morgan fingerprint density at radius 1 is 0.672 bits per heavy atom. The van der Waals surface area contributed by atoms with Gasteiger partial charge in [-0.1, -0.05) is 49.0 Å². The predicted octanol–water partition coefficient (Wildman–Crippen LogP) is 10.2. The number of alkyl halides is 3. The van der Waals surface area contributed by atoms with Gasteiger partial charge in [0.05, 0.1) is 22.0 Å². The van der Waals surface area contributed by atoms with Crippen molar-refractivity contribution >= 4 is 62.5 Å². The number of nitrogens with zero attached hydrogens (tertiary/aromatic N) is 8. The van der Waals surface area contributed by atoms with E-state index >= 15 is 0 Å². The molecule has 0 aliphatic heterocycles. The first kappa shape index (κ1) is 44.0. The van der Waals surface area contributed by atoms with Crippen LogP contribution in [-0.2, 0) is 12.6 Å². The summed E-state index contributed by atoms with van der Waals surface area (Å²) >= 11 is 0. The first-order valence-electron chi connectivity index (χ1n) is 20.2. The highest BCUT2D eigenvalue weighted by molar-refractivity contribution is 6.01. The number of amides is 2. The van der Waals surface area contributed by atoms with E-state index in [2.05, 4.69) is 47.8 Å². The van der Waals surface area contributed by atoms with E-state index in [0.29, 0.717) is 46.6 Å². The molecule has 0 bridgehead atoms. The van der Waals surface area contributed by atoms with Crippen molar-refractivity contribution in [2.24, 2.45) is 0 Å². The number of anilines is 6. The van der Waals surface area contributed by atoms with Crippen LogP contribution in [0.1, 0.15) is 62.2 Å². The van der Waals surface area contributed by atoms with Crippen LogP contribution < -0.4 is 32.7 Å². The van der Waals surface area contributed by atoms with Crippen LogP contribution in [0.2, 0.25) is 0 Å². The Balaban J connectivity index is 0.000000193. The van der Waals surface area contributed by atoms with Crippen molar-refractivity contribution in [3.05, 3.63) is 145 Å². The first-order valence-corrected chi connectivity index (χ1v) is 20.2. The summed E-state index contributed by atoms with van der Waals surface area (Å²) in [6.45, 7) is 14.0. The molecule has 0 saturated carbocycles. The van der Waals surface area contributed by atoms with Gasteiger partial charge in [0.2, 0.25) is 0 Å². The number of hydrogen-bond donors (Lipinski definition) is 6. The number of nitrogens with one attached hydrogen (secondary N) is 4. The van der Waals surface area contributed by atoms with Crippen molar-refractivity contribution < 1.29 is 18.0 Å². The second-order valence-electron chi connectivity index (χ2n) is 15.5. The number of aryl methyl sites for hydroxylation is 1. The number of carbonyl (C=O) groups excluding carboxylic acids is 1. The SMILES string of the molecule is C=C(Nc1cccc(Cc2nn(C(C)C)c3ncnc(N)c23)c1)Nc1cccc(C(F)(F)F)c1.Cc1cccc(NC(=O)Nc2ccc(-c3nn(C(C)C)c4ncnc(N)c34)cc2)c1. The fraction of sp³-hybridized carbons (Fsp3) is 0.196. The number of hydrogen-bond acceptors (Lipinski definition) is 11. The van der Waals surface area contributed by atoms with Crippen LogP contribution in [0, 0.1) is 6.92 Å². The third-order valence-electron chi connectivity index (χ3n) is 9.86. The second-order valence-corrected chi connectivity index (χ2v) is 15.5. The zero-order valence-electron chi connectivity index (χ0n) is 35.7. The summed E-state index contributed by atoms with van der Waals surface area (Å²) in [5.41, 5.74) is 19.7. The third-order valence-corrected chi connectivity index (χ3v) is 9.86. The van der Waals surface area contributed by atoms with Gasteiger partial charge in [-0.3, -0.25) is 0 Å². The Labute approximate surface area is 366 Å². The molecule has 328 valence electrons. The maximum atomic E-state index is 13.0. The van der Waals surface area contributed by atoms with Gasteiger partial charge in [0.1, 0.15) is 35.8 Å². The number of nitrogen functional groups attached to an aromatic ring is 2. The topological polar surface area (TPSA) is 204 Å². The van der Waals surface area contributed by atoms with E-state index < -0.39 is 11.7 Å². The molecule has 0 fully saturated rings. The Bertz CT molecular complexity index is 2960. The minimum atomic E-state index is -4.41. The average Bonchev–Trinajstić information content (AvgIpc) is 3.82. The fourth-order valence-corrected chi connectivity index (χ4v) is 6.94. The van der Waals surface area contributed by atoms with E-state index in [9.17, 15) is 18.0 Å². The van der Waals surface area contributed by atoms with E-state index in [0.717, 1.165) is 56.7 Å². The number of rotatable bonds is 11. The molecule has 0 spiro atoms. The summed E-state index contributed by atoms with van der Waals surface area (Å²) in [6, 6.07) is 27.5. The van der Waals surface area contributed by atoms with E-state index in [1.54, 1.807) is 6.07 Å². The average molecular weight is 869 g/mol.